The highest BCUT2D eigenvalue weighted by Crippen LogP contribution is 2.16. The lowest BCUT2D eigenvalue weighted by Crippen LogP contribution is -2.24. The molecule has 78 valence electrons. The number of hydrogen-bond donors (Lipinski definition) is 0. The Labute approximate surface area is 89.3 Å². The molecule has 0 aliphatic carbocycles. The van der Waals surface area contributed by atoms with Crippen molar-refractivity contribution >= 4 is 11.8 Å². The van der Waals surface area contributed by atoms with Crippen LogP contribution in [-0.4, -0.2) is 13.2 Å². The van der Waals surface area contributed by atoms with Crippen molar-refractivity contribution in [1.29, 1.82) is 0 Å². The molecule has 0 saturated heterocycles. The van der Waals surface area contributed by atoms with Crippen LogP contribution in [0.5, 0.6) is 0 Å². The van der Waals surface area contributed by atoms with Crippen LogP contribution in [0.2, 0.25) is 0 Å². The fourth-order valence-corrected chi connectivity index (χ4v) is 1.20. The lowest BCUT2D eigenvalue weighted by atomic mass is 10.2. The number of ether oxygens (including phenoxy) is 1. The molecule has 0 aliphatic rings. The van der Waals surface area contributed by atoms with Crippen LogP contribution in [0, 0.1) is 6.92 Å². The van der Waals surface area contributed by atoms with Gasteiger partial charge in [-0.05, 0) is 24.6 Å². The molecule has 0 bridgehead atoms. The Hall–Kier alpha value is -1.99. The second kappa shape index (κ2) is 5.03. The smallest absolute Gasteiger partial charge is 0.418 e. The Bertz CT molecular complexity index is 406. The van der Waals surface area contributed by atoms with Gasteiger partial charge in [0.05, 0.1) is 19.0 Å². The van der Waals surface area contributed by atoms with Crippen LogP contribution in [0.25, 0.3) is 0 Å². The third-order valence-electron chi connectivity index (χ3n) is 1.87. The van der Waals surface area contributed by atoms with Crippen molar-refractivity contribution in [3.63, 3.8) is 0 Å². The number of carbonyl (C=O) groups is 1. The number of aryl methyl sites for hydroxylation is 1. The molecule has 0 heterocycles. The fraction of sp³-hybridized carbons (Fsp3) is 0.167. The highest BCUT2D eigenvalue weighted by atomic mass is 16.5. The zero-order valence-corrected chi connectivity index (χ0v) is 8.86. The molecule has 1 aromatic carbocycles. The molecule has 1 aromatic rings. The van der Waals surface area contributed by atoms with Crippen LogP contribution in [-0.2, 0) is 4.74 Å². The molecule has 3 nitrogen and oxygen atoms in total. The van der Waals surface area contributed by atoms with E-state index in [1.165, 1.54) is 18.2 Å². The minimum absolute atomic E-state index is 0.461. The molecule has 0 saturated carbocycles. The van der Waals surface area contributed by atoms with Gasteiger partial charge < -0.3 is 4.74 Å². The van der Waals surface area contributed by atoms with E-state index in [4.69, 9.17) is 0 Å². The van der Waals surface area contributed by atoms with Crippen molar-refractivity contribution in [3.05, 3.63) is 48.3 Å². The molecule has 0 aromatic heterocycles. The van der Waals surface area contributed by atoms with Gasteiger partial charge in [-0.3, -0.25) is 0 Å². The highest BCUT2D eigenvalue weighted by molar-refractivity contribution is 5.89. The first-order valence-electron chi connectivity index (χ1n) is 4.49. The van der Waals surface area contributed by atoms with Crippen molar-refractivity contribution in [3.8, 4) is 0 Å². The number of anilines is 1. The molecule has 3 heteroatoms. The summed E-state index contributed by atoms with van der Waals surface area (Å²) in [6.07, 6.45) is 0.984. The van der Waals surface area contributed by atoms with Gasteiger partial charge in [0.1, 0.15) is 0 Å². The standard InChI is InChI=1S/C12H13NO2/c1-4-8-13(12(14)15-3)11-7-5-6-10(2)9-11/h5-9H,1H2,2-3H3. The molecule has 0 atom stereocenters. The van der Waals surface area contributed by atoms with Gasteiger partial charge in [-0.2, -0.15) is 0 Å². The van der Waals surface area contributed by atoms with Gasteiger partial charge in [-0.25, -0.2) is 9.69 Å². The molecule has 0 unspecified atom stereocenters. The first-order valence-corrected chi connectivity index (χ1v) is 4.49. The minimum Gasteiger partial charge on any atom is -0.452 e. The number of hydrogen-bond acceptors (Lipinski definition) is 2. The monoisotopic (exact) mass is 203 g/mol. The number of benzene rings is 1. The number of amides is 1. The Morgan fingerprint density at radius 1 is 1.60 bits per heavy atom. The Morgan fingerprint density at radius 2 is 2.33 bits per heavy atom. The molecule has 0 fully saturated rings. The second-order valence-electron chi connectivity index (χ2n) is 3.01. The Kier molecular flexibility index (Phi) is 3.72. The number of carbonyl (C=O) groups excluding carboxylic acids is 1. The van der Waals surface area contributed by atoms with Crippen LogP contribution in [0.3, 0.4) is 0 Å². The summed E-state index contributed by atoms with van der Waals surface area (Å²) in [5.41, 5.74) is 4.35. The normalized spacial score (nSPS) is 8.93. The number of methoxy groups -OCH3 is 1. The van der Waals surface area contributed by atoms with E-state index in [1.54, 1.807) is 0 Å². The van der Waals surface area contributed by atoms with E-state index in [0.29, 0.717) is 0 Å². The molecule has 1 rings (SSSR count). The van der Waals surface area contributed by atoms with E-state index in [2.05, 4.69) is 17.0 Å². The lowest BCUT2D eigenvalue weighted by Gasteiger charge is -2.16. The van der Waals surface area contributed by atoms with Crippen LogP contribution < -0.4 is 4.90 Å². The largest absolute Gasteiger partial charge is 0.452 e. The van der Waals surface area contributed by atoms with Crippen molar-refractivity contribution in [1.82, 2.24) is 0 Å². The second-order valence-corrected chi connectivity index (χ2v) is 3.01. The number of nitrogens with zero attached hydrogens (tertiary/aromatic N) is 1. The average Bonchev–Trinajstić information content (AvgIpc) is 2.25. The third kappa shape index (κ3) is 2.73. The molecule has 1 amide bonds. The molecular formula is C12H13NO2. The third-order valence-corrected chi connectivity index (χ3v) is 1.87. The lowest BCUT2D eigenvalue weighted by molar-refractivity contribution is 0.181. The van der Waals surface area contributed by atoms with Crippen LogP contribution >= 0.6 is 0 Å². The summed E-state index contributed by atoms with van der Waals surface area (Å²) < 4.78 is 4.65. The van der Waals surface area contributed by atoms with Gasteiger partial charge in [0, 0.05) is 0 Å². The van der Waals surface area contributed by atoms with E-state index in [0.717, 1.165) is 11.3 Å². The summed E-state index contributed by atoms with van der Waals surface area (Å²) in [5.74, 6) is 0. The molecule has 0 spiro atoms. The zero-order valence-electron chi connectivity index (χ0n) is 8.86. The maximum atomic E-state index is 11.4. The van der Waals surface area contributed by atoms with Gasteiger partial charge in [0.2, 0.25) is 0 Å². The van der Waals surface area contributed by atoms with Gasteiger partial charge in [0.15, 0.2) is 0 Å². The zero-order chi connectivity index (χ0) is 11.3. The predicted octanol–water partition coefficient (Wildman–Crippen LogP) is 2.87. The van der Waals surface area contributed by atoms with Gasteiger partial charge in [0.25, 0.3) is 0 Å². The van der Waals surface area contributed by atoms with Gasteiger partial charge >= 0.3 is 6.09 Å². The summed E-state index contributed by atoms with van der Waals surface area (Å²) in [7, 11) is 1.34. The Balaban J connectivity index is 3.09. The van der Waals surface area contributed by atoms with Crippen LogP contribution in [0.15, 0.2) is 42.8 Å². The Morgan fingerprint density at radius 3 is 2.87 bits per heavy atom. The molecule has 15 heavy (non-hydrogen) atoms. The maximum Gasteiger partial charge on any atom is 0.418 e. The SMILES string of the molecule is C=C=CN(C(=O)OC)c1cccc(C)c1. The van der Waals surface area contributed by atoms with Gasteiger partial charge in [-0.15, -0.1) is 5.73 Å². The molecule has 0 radical (unpaired) electrons. The van der Waals surface area contributed by atoms with Crippen LogP contribution in [0.4, 0.5) is 10.5 Å². The summed E-state index contributed by atoms with van der Waals surface area (Å²) in [6, 6.07) is 7.52. The first-order chi connectivity index (χ1) is 7.19. The summed E-state index contributed by atoms with van der Waals surface area (Å²) in [5, 5.41) is 0. The van der Waals surface area contributed by atoms with E-state index >= 15 is 0 Å². The summed E-state index contributed by atoms with van der Waals surface area (Å²) in [4.78, 5) is 12.8. The molecular weight excluding hydrogens is 190 g/mol. The van der Waals surface area contributed by atoms with Crippen molar-refractivity contribution < 1.29 is 9.53 Å². The summed E-state index contributed by atoms with van der Waals surface area (Å²) >= 11 is 0. The van der Waals surface area contributed by atoms with E-state index in [-0.39, 0.29) is 0 Å². The topological polar surface area (TPSA) is 29.5 Å². The quantitative estimate of drug-likeness (QED) is 0.692. The van der Waals surface area contributed by atoms with Crippen molar-refractivity contribution in [2.75, 3.05) is 12.0 Å². The maximum absolute atomic E-state index is 11.4. The minimum atomic E-state index is -0.461. The molecule has 0 aliphatic heterocycles. The van der Waals surface area contributed by atoms with E-state index < -0.39 is 6.09 Å². The predicted molar refractivity (Wildman–Crippen MR) is 59.8 cm³/mol. The summed E-state index contributed by atoms with van der Waals surface area (Å²) in [6.45, 7) is 5.39. The van der Waals surface area contributed by atoms with Gasteiger partial charge in [-0.1, -0.05) is 18.7 Å². The first kappa shape index (κ1) is 11.1. The van der Waals surface area contributed by atoms with E-state index in [9.17, 15) is 4.79 Å². The van der Waals surface area contributed by atoms with E-state index in [1.807, 2.05) is 31.2 Å². The fourth-order valence-electron chi connectivity index (χ4n) is 1.20. The highest BCUT2D eigenvalue weighted by Gasteiger charge is 2.12. The van der Waals surface area contributed by atoms with Crippen molar-refractivity contribution in [2.24, 2.45) is 0 Å². The number of rotatable bonds is 2. The average molecular weight is 203 g/mol. The van der Waals surface area contributed by atoms with Crippen LogP contribution in [0.1, 0.15) is 5.56 Å². The molecule has 0 N–H and O–H groups in total. The van der Waals surface area contributed by atoms with Crippen molar-refractivity contribution in [2.45, 2.75) is 6.92 Å².